The van der Waals surface area contributed by atoms with Crippen LogP contribution in [0.2, 0.25) is 0 Å². The Kier molecular flexibility index (Phi) is 2.33. The smallest absolute Gasteiger partial charge is 0.128 e. The SMILES string of the molecule is COc1ccc2c(c1)OC(C)(C1CC1)CC2N. The van der Waals surface area contributed by atoms with Gasteiger partial charge in [0.2, 0.25) is 0 Å². The Hall–Kier alpha value is -1.22. The molecule has 3 heteroatoms. The Bertz CT molecular complexity index is 442. The van der Waals surface area contributed by atoms with Gasteiger partial charge in [0.05, 0.1) is 7.11 Å². The Morgan fingerprint density at radius 3 is 2.82 bits per heavy atom. The van der Waals surface area contributed by atoms with E-state index in [1.807, 2.05) is 18.2 Å². The van der Waals surface area contributed by atoms with Gasteiger partial charge in [0, 0.05) is 24.1 Å². The fourth-order valence-corrected chi connectivity index (χ4v) is 2.82. The van der Waals surface area contributed by atoms with Crippen LogP contribution in [0.3, 0.4) is 0 Å². The standard InChI is InChI=1S/C14H19NO2/c1-14(9-3-4-9)8-12(15)11-6-5-10(16-2)7-13(11)17-14/h5-7,9,12H,3-4,8,15H2,1-2H3. The quantitative estimate of drug-likeness (QED) is 0.854. The van der Waals surface area contributed by atoms with Crippen molar-refractivity contribution >= 4 is 0 Å². The van der Waals surface area contributed by atoms with E-state index in [1.54, 1.807) is 7.11 Å². The summed E-state index contributed by atoms with van der Waals surface area (Å²) >= 11 is 0. The van der Waals surface area contributed by atoms with E-state index in [0.717, 1.165) is 23.5 Å². The van der Waals surface area contributed by atoms with Crippen LogP contribution in [-0.2, 0) is 0 Å². The van der Waals surface area contributed by atoms with Crippen LogP contribution in [0.15, 0.2) is 18.2 Å². The zero-order valence-corrected chi connectivity index (χ0v) is 10.4. The summed E-state index contributed by atoms with van der Waals surface area (Å²) in [5.41, 5.74) is 7.27. The van der Waals surface area contributed by atoms with Crippen LogP contribution in [0.4, 0.5) is 0 Å². The molecule has 2 atom stereocenters. The molecule has 1 heterocycles. The fourth-order valence-electron chi connectivity index (χ4n) is 2.82. The second kappa shape index (κ2) is 3.64. The van der Waals surface area contributed by atoms with Gasteiger partial charge in [-0.15, -0.1) is 0 Å². The monoisotopic (exact) mass is 233 g/mol. The number of fused-ring (bicyclic) bond motifs is 1. The topological polar surface area (TPSA) is 44.5 Å². The van der Waals surface area contributed by atoms with E-state index in [-0.39, 0.29) is 11.6 Å². The van der Waals surface area contributed by atoms with E-state index < -0.39 is 0 Å². The van der Waals surface area contributed by atoms with Crippen LogP contribution in [0.5, 0.6) is 11.5 Å². The van der Waals surface area contributed by atoms with E-state index in [9.17, 15) is 0 Å². The molecule has 1 aliphatic heterocycles. The van der Waals surface area contributed by atoms with E-state index in [0.29, 0.717) is 5.92 Å². The van der Waals surface area contributed by atoms with Gasteiger partial charge in [0.15, 0.2) is 0 Å². The fraction of sp³-hybridized carbons (Fsp3) is 0.571. The van der Waals surface area contributed by atoms with Gasteiger partial charge in [-0.3, -0.25) is 0 Å². The first-order valence-corrected chi connectivity index (χ1v) is 6.25. The second-order valence-corrected chi connectivity index (χ2v) is 5.40. The van der Waals surface area contributed by atoms with Crippen LogP contribution in [0.25, 0.3) is 0 Å². The Balaban J connectivity index is 1.97. The van der Waals surface area contributed by atoms with Gasteiger partial charge >= 0.3 is 0 Å². The Morgan fingerprint density at radius 1 is 1.41 bits per heavy atom. The van der Waals surface area contributed by atoms with Crippen molar-refractivity contribution < 1.29 is 9.47 Å². The molecule has 0 bridgehead atoms. The van der Waals surface area contributed by atoms with Crippen molar-refractivity contribution in [3.63, 3.8) is 0 Å². The number of hydrogen-bond donors (Lipinski definition) is 1. The average molecular weight is 233 g/mol. The third-order valence-corrected chi connectivity index (χ3v) is 4.03. The van der Waals surface area contributed by atoms with Crippen molar-refractivity contribution in [2.75, 3.05) is 7.11 Å². The van der Waals surface area contributed by atoms with E-state index in [2.05, 4.69) is 6.92 Å². The summed E-state index contributed by atoms with van der Waals surface area (Å²) in [4.78, 5) is 0. The summed E-state index contributed by atoms with van der Waals surface area (Å²) in [7, 11) is 1.67. The average Bonchev–Trinajstić information content (AvgIpc) is 3.12. The lowest BCUT2D eigenvalue weighted by Gasteiger charge is -2.39. The molecule has 92 valence electrons. The molecule has 0 aromatic heterocycles. The number of rotatable bonds is 2. The largest absolute Gasteiger partial charge is 0.497 e. The summed E-state index contributed by atoms with van der Waals surface area (Å²) in [6.45, 7) is 2.19. The molecule has 17 heavy (non-hydrogen) atoms. The lowest BCUT2D eigenvalue weighted by Crippen LogP contribution is -2.42. The van der Waals surface area contributed by atoms with E-state index >= 15 is 0 Å². The number of ether oxygens (including phenoxy) is 2. The summed E-state index contributed by atoms with van der Waals surface area (Å²) in [6, 6.07) is 6.00. The molecule has 0 amide bonds. The molecule has 3 nitrogen and oxygen atoms in total. The molecule has 2 unspecified atom stereocenters. The Labute approximate surface area is 102 Å². The lowest BCUT2D eigenvalue weighted by atomic mass is 9.85. The summed E-state index contributed by atoms with van der Waals surface area (Å²) < 4.78 is 11.4. The first-order valence-electron chi connectivity index (χ1n) is 6.25. The van der Waals surface area contributed by atoms with Crippen molar-refractivity contribution in [2.45, 2.75) is 37.8 Å². The molecule has 1 aliphatic carbocycles. The zero-order chi connectivity index (χ0) is 12.0. The number of benzene rings is 1. The lowest BCUT2D eigenvalue weighted by molar-refractivity contribution is 0.0322. The maximum absolute atomic E-state index is 6.26. The minimum Gasteiger partial charge on any atom is -0.497 e. The molecule has 1 aromatic rings. The Morgan fingerprint density at radius 2 is 2.18 bits per heavy atom. The van der Waals surface area contributed by atoms with Crippen LogP contribution >= 0.6 is 0 Å². The summed E-state index contributed by atoms with van der Waals surface area (Å²) in [6.07, 6.45) is 3.45. The highest BCUT2D eigenvalue weighted by molar-refractivity contribution is 5.44. The van der Waals surface area contributed by atoms with Crippen molar-refractivity contribution in [1.29, 1.82) is 0 Å². The molecule has 2 aliphatic rings. The van der Waals surface area contributed by atoms with Crippen molar-refractivity contribution in [3.05, 3.63) is 23.8 Å². The molecule has 3 rings (SSSR count). The van der Waals surface area contributed by atoms with Crippen LogP contribution < -0.4 is 15.2 Å². The summed E-state index contributed by atoms with van der Waals surface area (Å²) in [5, 5.41) is 0. The highest BCUT2D eigenvalue weighted by atomic mass is 16.5. The predicted molar refractivity (Wildman–Crippen MR) is 66.3 cm³/mol. The van der Waals surface area contributed by atoms with E-state index in [4.69, 9.17) is 15.2 Å². The van der Waals surface area contributed by atoms with Crippen LogP contribution in [0, 0.1) is 5.92 Å². The van der Waals surface area contributed by atoms with Crippen molar-refractivity contribution in [2.24, 2.45) is 11.7 Å². The third kappa shape index (κ3) is 1.78. The van der Waals surface area contributed by atoms with Gasteiger partial charge in [-0.05, 0) is 31.7 Å². The first-order chi connectivity index (χ1) is 8.12. The van der Waals surface area contributed by atoms with Crippen LogP contribution in [0.1, 0.15) is 37.8 Å². The van der Waals surface area contributed by atoms with Gasteiger partial charge in [-0.25, -0.2) is 0 Å². The second-order valence-electron chi connectivity index (χ2n) is 5.40. The maximum atomic E-state index is 6.26. The van der Waals surface area contributed by atoms with Gasteiger partial charge < -0.3 is 15.2 Å². The molecule has 1 saturated carbocycles. The molecular formula is C14H19NO2. The van der Waals surface area contributed by atoms with Gasteiger partial charge in [-0.2, -0.15) is 0 Å². The molecule has 0 radical (unpaired) electrons. The molecule has 2 N–H and O–H groups in total. The number of nitrogens with two attached hydrogens (primary N) is 1. The molecular weight excluding hydrogens is 214 g/mol. The minimum absolute atomic E-state index is 0.0789. The number of methoxy groups -OCH3 is 1. The predicted octanol–water partition coefficient (Wildman–Crippen LogP) is 2.65. The first kappa shape index (κ1) is 10.9. The maximum Gasteiger partial charge on any atom is 0.128 e. The minimum atomic E-state index is -0.0845. The normalized spacial score (nSPS) is 31.6. The highest BCUT2D eigenvalue weighted by Gasteiger charge is 2.47. The highest BCUT2D eigenvalue weighted by Crippen LogP contribution is 2.50. The molecule has 0 saturated heterocycles. The zero-order valence-electron chi connectivity index (χ0n) is 10.4. The molecule has 1 fully saturated rings. The third-order valence-electron chi connectivity index (χ3n) is 4.03. The molecule has 1 aromatic carbocycles. The number of hydrogen-bond acceptors (Lipinski definition) is 3. The van der Waals surface area contributed by atoms with Gasteiger partial charge in [-0.1, -0.05) is 6.07 Å². The summed E-state index contributed by atoms with van der Waals surface area (Å²) in [5.74, 6) is 2.40. The van der Waals surface area contributed by atoms with Gasteiger partial charge in [0.25, 0.3) is 0 Å². The van der Waals surface area contributed by atoms with Crippen molar-refractivity contribution in [3.8, 4) is 11.5 Å². The van der Waals surface area contributed by atoms with Gasteiger partial charge in [0.1, 0.15) is 17.1 Å². The van der Waals surface area contributed by atoms with Crippen molar-refractivity contribution in [1.82, 2.24) is 0 Å². The van der Waals surface area contributed by atoms with E-state index in [1.165, 1.54) is 12.8 Å². The molecule has 0 spiro atoms. The van der Waals surface area contributed by atoms with Crippen LogP contribution in [-0.4, -0.2) is 12.7 Å².